The van der Waals surface area contributed by atoms with Crippen LogP contribution < -0.4 is 9.05 Å². The largest absolute Gasteiger partial charge is 0.427 e. The Morgan fingerprint density at radius 1 is 0.895 bits per heavy atom. The van der Waals surface area contributed by atoms with E-state index in [0.29, 0.717) is 11.5 Å². The molecule has 0 aliphatic rings. The molecule has 0 heterocycles. The van der Waals surface area contributed by atoms with E-state index in [0.717, 1.165) is 8.95 Å². The van der Waals surface area contributed by atoms with Gasteiger partial charge in [-0.3, -0.25) is 0 Å². The van der Waals surface area contributed by atoms with Crippen molar-refractivity contribution in [2.24, 2.45) is 0 Å². The monoisotopic (exact) mass is 404 g/mol. The lowest BCUT2D eigenvalue weighted by Gasteiger charge is -2.16. The van der Waals surface area contributed by atoms with Gasteiger partial charge in [-0.05, 0) is 36.4 Å². The van der Waals surface area contributed by atoms with Crippen LogP contribution in [0.4, 0.5) is 0 Å². The number of hydrogen-bond acceptors (Lipinski definition) is 3. The fourth-order valence-electron chi connectivity index (χ4n) is 1.45. The normalized spacial score (nSPS) is 11.1. The third-order valence-corrected chi connectivity index (χ3v) is 4.21. The fourth-order valence-corrected chi connectivity index (χ4v) is 3.24. The molecule has 0 N–H and O–H groups in total. The summed E-state index contributed by atoms with van der Waals surface area (Å²) in [5.74, 6) is 0.991. The molecular weight excluding hydrogens is 395 g/mol. The first-order valence-electron chi connectivity index (χ1n) is 5.42. The zero-order valence-electron chi connectivity index (χ0n) is 10.0. The van der Waals surface area contributed by atoms with Crippen LogP contribution in [0.15, 0.2) is 57.5 Å². The van der Waals surface area contributed by atoms with E-state index in [1.165, 1.54) is 6.66 Å². The van der Waals surface area contributed by atoms with Gasteiger partial charge in [0.25, 0.3) is 0 Å². The molecule has 0 saturated carbocycles. The predicted octanol–water partition coefficient (Wildman–Crippen LogP) is 5.49. The Kier molecular flexibility index (Phi) is 4.71. The fraction of sp³-hybridized carbons (Fsp3) is 0.0769. The Hall–Kier alpha value is -0.770. The van der Waals surface area contributed by atoms with Gasteiger partial charge in [-0.1, -0.05) is 44.0 Å². The third kappa shape index (κ3) is 4.68. The van der Waals surface area contributed by atoms with Crippen LogP contribution in [-0.4, -0.2) is 6.66 Å². The van der Waals surface area contributed by atoms with Gasteiger partial charge in [0.05, 0.1) is 6.66 Å². The number of halogens is 2. The van der Waals surface area contributed by atoms with Gasteiger partial charge in [-0.15, -0.1) is 0 Å². The van der Waals surface area contributed by atoms with Crippen molar-refractivity contribution >= 4 is 39.5 Å². The summed E-state index contributed by atoms with van der Waals surface area (Å²) >= 11 is 6.66. The van der Waals surface area contributed by atoms with Crippen LogP contribution in [0.2, 0.25) is 0 Å². The SMILES string of the molecule is CP(=O)(Oc1cccc(Br)c1)Oc1cccc(Br)c1. The molecule has 3 nitrogen and oxygen atoms in total. The molecule has 6 heteroatoms. The molecule has 0 spiro atoms. The maximum Gasteiger partial charge on any atom is 0.427 e. The van der Waals surface area contributed by atoms with Crippen LogP contribution in [-0.2, 0) is 4.57 Å². The van der Waals surface area contributed by atoms with Gasteiger partial charge in [0, 0.05) is 8.95 Å². The molecule has 0 aliphatic carbocycles. The van der Waals surface area contributed by atoms with Crippen molar-refractivity contribution in [1.29, 1.82) is 0 Å². The molecule has 100 valence electrons. The van der Waals surface area contributed by atoms with Crippen LogP contribution in [0.1, 0.15) is 0 Å². The molecule has 0 saturated heterocycles. The zero-order chi connectivity index (χ0) is 13.9. The van der Waals surface area contributed by atoms with Gasteiger partial charge in [-0.2, -0.15) is 0 Å². The molecule has 0 aromatic heterocycles. The lowest BCUT2D eigenvalue weighted by molar-refractivity contribution is 0.393. The lowest BCUT2D eigenvalue weighted by Crippen LogP contribution is -1.99. The summed E-state index contributed by atoms with van der Waals surface area (Å²) in [6.45, 7) is 1.44. The maximum absolute atomic E-state index is 12.3. The summed E-state index contributed by atoms with van der Waals surface area (Å²) in [6, 6.07) is 14.3. The van der Waals surface area contributed by atoms with Crippen molar-refractivity contribution in [3.63, 3.8) is 0 Å². The molecule has 2 aromatic carbocycles. The van der Waals surface area contributed by atoms with Gasteiger partial charge >= 0.3 is 7.60 Å². The second kappa shape index (κ2) is 6.12. The van der Waals surface area contributed by atoms with Crippen molar-refractivity contribution in [3.8, 4) is 11.5 Å². The maximum atomic E-state index is 12.3. The quantitative estimate of drug-likeness (QED) is 0.630. The minimum Gasteiger partial charge on any atom is -0.416 e. The van der Waals surface area contributed by atoms with Crippen LogP contribution in [0.25, 0.3) is 0 Å². The van der Waals surface area contributed by atoms with E-state index < -0.39 is 7.60 Å². The first-order chi connectivity index (χ1) is 8.94. The minimum absolute atomic E-state index is 0.496. The lowest BCUT2D eigenvalue weighted by atomic mass is 10.3. The summed E-state index contributed by atoms with van der Waals surface area (Å²) < 4.78 is 24.8. The summed E-state index contributed by atoms with van der Waals surface area (Å²) in [5.41, 5.74) is 0. The van der Waals surface area contributed by atoms with Crippen LogP contribution in [0, 0.1) is 0 Å². The summed E-state index contributed by atoms with van der Waals surface area (Å²) in [4.78, 5) is 0. The Morgan fingerprint density at radius 2 is 1.32 bits per heavy atom. The molecule has 19 heavy (non-hydrogen) atoms. The van der Waals surface area contributed by atoms with Crippen LogP contribution in [0.3, 0.4) is 0 Å². The Morgan fingerprint density at radius 3 is 1.68 bits per heavy atom. The Bertz CT molecular complexity index is 579. The second-order valence-corrected chi connectivity index (χ2v) is 7.61. The van der Waals surface area contributed by atoms with Gasteiger partial charge in [0.2, 0.25) is 0 Å². The topological polar surface area (TPSA) is 35.5 Å². The van der Waals surface area contributed by atoms with E-state index in [1.54, 1.807) is 36.4 Å². The van der Waals surface area contributed by atoms with Crippen molar-refractivity contribution < 1.29 is 13.6 Å². The molecule has 0 unspecified atom stereocenters. The molecular formula is C13H11Br2O3P. The average molecular weight is 406 g/mol. The highest BCUT2D eigenvalue weighted by Gasteiger charge is 2.20. The molecule has 2 aromatic rings. The van der Waals surface area contributed by atoms with Crippen molar-refractivity contribution in [1.82, 2.24) is 0 Å². The first kappa shape index (κ1) is 14.6. The van der Waals surface area contributed by atoms with Crippen molar-refractivity contribution in [2.75, 3.05) is 6.66 Å². The minimum atomic E-state index is -3.22. The molecule has 0 aliphatic heterocycles. The summed E-state index contributed by atoms with van der Waals surface area (Å²) in [5, 5.41) is 0. The standard InChI is InChI=1S/C13H11Br2O3P/c1-19(16,17-12-6-2-4-10(14)8-12)18-13-7-3-5-11(15)9-13/h2-9H,1H3. The molecule has 0 bridgehead atoms. The van der Waals surface area contributed by atoms with Crippen LogP contribution >= 0.6 is 39.5 Å². The Labute approximate surface area is 128 Å². The molecule has 0 atom stereocenters. The summed E-state index contributed by atoms with van der Waals surface area (Å²) in [6.07, 6.45) is 0. The van der Waals surface area contributed by atoms with Gasteiger partial charge in [-0.25, -0.2) is 4.57 Å². The molecule has 2 rings (SSSR count). The number of hydrogen-bond donors (Lipinski definition) is 0. The second-order valence-electron chi connectivity index (χ2n) is 3.87. The Balaban J connectivity index is 2.12. The van der Waals surface area contributed by atoms with E-state index in [-0.39, 0.29) is 0 Å². The van der Waals surface area contributed by atoms with Gasteiger partial charge in [0.15, 0.2) is 0 Å². The average Bonchev–Trinajstić information content (AvgIpc) is 2.27. The van der Waals surface area contributed by atoms with Crippen LogP contribution in [0.5, 0.6) is 11.5 Å². The molecule has 0 radical (unpaired) electrons. The number of benzene rings is 2. The van der Waals surface area contributed by atoms with E-state index in [2.05, 4.69) is 31.9 Å². The van der Waals surface area contributed by atoms with E-state index >= 15 is 0 Å². The highest BCUT2D eigenvalue weighted by molar-refractivity contribution is 9.10. The third-order valence-electron chi connectivity index (χ3n) is 2.13. The molecule has 0 fully saturated rings. The smallest absolute Gasteiger partial charge is 0.416 e. The predicted molar refractivity (Wildman–Crippen MR) is 83.1 cm³/mol. The van der Waals surface area contributed by atoms with E-state index in [9.17, 15) is 4.57 Å². The van der Waals surface area contributed by atoms with Gasteiger partial charge in [0.1, 0.15) is 11.5 Å². The molecule has 0 amide bonds. The first-order valence-corrected chi connectivity index (χ1v) is 9.00. The zero-order valence-corrected chi connectivity index (χ0v) is 14.1. The summed E-state index contributed by atoms with van der Waals surface area (Å²) in [7, 11) is -3.22. The highest BCUT2D eigenvalue weighted by atomic mass is 79.9. The van der Waals surface area contributed by atoms with Gasteiger partial charge < -0.3 is 9.05 Å². The van der Waals surface area contributed by atoms with Crippen molar-refractivity contribution in [3.05, 3.63) is 57.5 Å². The highest BCUT2D eigenvalue weighted by Crippen LogP contribution is 2.45. The number of rotatable bonds is 4. The van der Waals surface area contributed by atoms with E-state index in [4.69, 9.17) is 9.05 Å². The van der Waals surface area contributed by atoms with E-state index in [1.807, 2.05) is 12.1 Å². The van der Waals surface area contributed by atoms with Crippen molar-refractivity contribution in [2.45, 2.75) is 0 Å².